The molecule has 1 N–H and O–H groups in total. The number of hydrogen-bond donors (Lipinski definition) is 1. The van der Waals surface area contributed by atoms with Crippen molar-refractivity contribution in [1.29, 1.82) is 0 Å². The highest BCUT2D eigenvalue weighted by molar-refractivity contribution is 5.60. The molecule has 6 nitrogen and oxygen atoms in total. The van der Waals surface area contributed by atoms with Gasteiger partial charge in [-0.1, -0.05) is 0 Å². The van der Waals surface area contributed by atoms with Crippen LogP contribution in [-0.4, -0.2) is 26.4 Å². The third-order valence-electron chi connectivity index (χ3n) is 2.46. The van der Waals surface area contributed by atoms with Crippen molar-refractivity contribution in [3.8, 4) is 5.88 Å². The molecule has 0 radical (unpaired) electrons. The molecule has 6 heteroatoms. The van der Waals surface area contributed by atoms with E-state index in [1.807, 2.05) is 13.2 Å². The van der Waals surface area contributed by atoms with Crippen molar-refractivity contribution in [2.75, 3.05) is 11.9 Å². The second kappa shape index (κ2) is 3.48. The molecule has 16 heavy (non-hydrogen) atoms. The van der Waals surface area contributed by atoms with Crippen LogP contribution >= 0.6 is 0 Å². The van der Waals surface area contributed by atoms with Crippen LogP contribution in [0.2, 0.25) is 0 Å². The number of nitrogens with zero attached hydrogens (tertiary/aromatic N) is 4. The minimum Gasteiger partial charge on any atom is -0.477 e. The van der Waals surface area contributed by atoms with Gasteiger partial charge in [0, 0.05) is 19.7 Å². The molecule has 0 saturated carbocycles. The molecule has 0 bridgehead atoms. The van der Waals surface area contributed by atoms with E-state index in [2.05, 4.69) is 20.4 Å². The SMILES string of the molecule is Cn1cc(Nc2ncnc3c2CCO3)cn1. The third kappa shape index (κ3) is 1.48. The Balaban J connectivity index is 1.93. The van der Waals surface area contributed by atoms with Gasteiger partial charge < -0.3 is 10.1 Å². The van der Waals surface area contributed by atoms with Gasteiger partial charge in [-0.25, -0.2) is 9.97 Å². The van der Waals surface area contributed by atoms with E-state index >= 15 is 0 Å². The fourth-order valence-electron chi connectivity index (χ4n) is 1.73. The molecule has 0 unspecified atom stereocenters. The topological polar surface area (TPSA) is 64.9 Å². The summed E-state index contributed by atoms with van der Waals surface area (Å²) in [6.07, 6.45) is 6.00. The fourth-order valence-corrected chi connectivity index (χ4v) is 1.73. The van der Waals surface area contributed by atoms with Crippen molar-refractivity contribution in [1.82, 2.24) is 19.7 Å². The van der Waals surface area contributed by atoms with Crippen molar-refractivity contribution in [2.45, 2.75) is 6.42 Å². The van der Waals surface area contributed by atoms with Gasteiger partial charge in [0.1, 0.15) is 12.1 Å². The van der Waals surface area contributed by atoms with Crippen molar-refractivity contribution in [2.24, 2.45) is 7.05 Å². The predicted molar refractivity (Wildman–Crippen MR) is 57.7 cm³/mol. The number of nitrogens with one attached hydrogen (secondary N) is 1. The van der Waals surface area contributed by atoms with E-state index in [0.717, 1.165) is 23.5 Å². The highest BCUT2D eigenvalue weighted by Crippen LogP contribution is 2.28. The maximum Gasteiger partial charge on any atom is 0.221 e. The Morgan fingerprint density at radius 1 is 1.44 bits per heavy atom. The Hall–Kier alpha value is -2.11. The fraction of sp³-hybridized carbons (Fsp3) is 0.300. The number of hydrogen-bond acceptors (Lipinski definition) is 5. The highest BCUT2D eigenvalue weighted by atomic mass is 16.5. The normalized spacial score (nSPS) is 13.3. The zero-order valence-electron chi connectivity index (χ0n) is 8.84. The Morgan fingerprint density at radius 2 is 2.38 bits per heavy atom. The van der Waals surface area contributed by atoms with E-state index in [1.165, 1.54) is 6.33 Å². The summed E-state index contributed by atoms with van der Waals surface area (Å²) in [6.45, 7) is 0.676. The van der Waals surface area contributed by atoms with E-state index in [9.17, 15) is 0 Å². The lowest BCUT2D eigenvalue weighted by Crippen LogP contribution is -1.97. The second-order valence-electron chi connectivity index (χ2n) is 3.63. The average molecular weight is 217 g/mol. The van der Waals surface area contributed by atoms with E-state index < -0.39 is 0 Å². The molecule has 0 fully saturated rings. The summed E-state index contributed by atoms with van der Waals surface area (Å²) in [6, 6.07) is 0. The maximum atomic E-state index is 5.37. The summed E-state index contributed by atoms with van der Waals surface area (Å²) in [7, 11) is 1.87. The molecule has 82 valence electrons. The van der Waals surface area contributed by atoms with E-state index in [0.29, 0.717) is 12.5 Å². The first-order valence-corrected chi connectivity index (χ1v) is 5.05. The minimum absolute atomic E-state index is 0.676. The molecule has 0 spiro atoms. The summed E-state index contributed by atoms with van der Waals surface area (Å²) in [5.41, 5.74) is 1.95. The van der Waals surface area contributed by atoms with Crippen LogP contribution in [0, 0.1) is 0 Å². The summed E-state index contributed by atoms with van der Waals surface area (Å²) in [5, 5.41) is 7.30. The molecule has 0 aromatic carbocycles. The number of aromatic nitrogens is 4. The monoisotopic (exact) mass is 217 g/mol. The van der Waals surface area contributed by atoms with Gasteiger partial charge in [0.15, 0.2) is 0 Å². The van der Waals surface area contributed by atoms with Gasteiger partial charge in [-0.3, -0.25) is 4.68 Å². The van der Waals surface area contributed by atoms with Gasteiger partial charge in [0.25, 0.3) is 0 Å². The van der Waals surface area contributed by atoms with Gasteiger partial charge in [-0.05, 0) is 0 Å². The molecule has 2 aromatic rings. The molecule has 0 saturated heterocycles. The first-order chi connectivity index (χ1) is 7.83. The van der Waals surface area contributed by atoms with Crippen molar-refractivity contribution >= 4 is 11.5 Å². The number of aryl methyl sites for hydroxylation is 1. The Kier molecular flexibility index (Phi) is 1.99. The Labute approximate surface area is 92.3 Å². The minimum atomic E-state index is 0.676. The van der Waals surface area contributed by atoms with Crippen LogP contribution in [0.5, 0.6) is 5.88 Å². The van der Waals surface area contributed by atoms with Crippen LogP contribution in [0.4, 0.5) is 11.5 Å². The number of anilines is 2. The molecule has 0 amide bonds. The van der Waals surface area contributed by atoms with Crippen LogP contribution in [0.1, 0.15) is 5.56 Å². The molecular formula is C10H11N5O. The third-order valence-corrected chi connectivity index (χ3v) is 2.46. The Bertz CT molecular complexity index is 522. The zero-order valence-corrected chi connectivity index (χ0v) is 8.84. The maximum absolute atomic E-state index is 5.37. The Morgan fingerprint density at radius 3 is 3.19 bits per heavy atom. The summed E-state index contributed by atoms with van der Waals surface area (Å²) < 4.78 is 7.11. The molecule has 0 atom stereocenters. The van der Waals surface area contributed by atoms with Crippen LogP contribution in [0.3, 0.4) is 0 Å². The first kappa shape index (κ1) is 9.14. The second-order valence-corrected chi connectivity index (χ2v) is 3.63. The predicted octanol–water partition coefficient (Wildman–Crippen LogP) is 0.889. The molecule has 1 aliphatic heterocycles. The smallest absolute Gasteiger partial charge is 0.221 e. The number of rotatable bonds is 2. The zero-order chi connectivity index (χ0) is 11.0. The number of ether oxygens (including phenoxy) is 1. The molecule has 3 rings (SSSR count). The quantitative estimate of drug-likeness (QED) is 0.809. The first-order valence-electron chi connectivity index (χ1n) is 5.05. The lowest BCUT2D eigenvalue weighted by atomic mass is 10.2. The van der Waals surface area contributed by atoms with Gasteiger partial charge in [-0.2, -0.15) is 5.10 Å². The summed E-state index contributed by atoms with van der Waals surface area (Å²) in [5.74, 6) is 1.48. The van der Waals surface area contributed by atoms with Crippen molar-refractivity contribution < 1.29 is 4.74 Å². The molecule has 2 aromatic heterocycles. The van der Waals surface area contributed by atoms with E-state index in [1.54, 1.807) is 10.9 Å². The van der Waals surface area contributed by atoms with Crippen LogP contribution < -0.4 is 10.1 Å². The standard InChI is InChI=1S/C10H11N5O/c1-15-5-7(4-13-15)14-9-8-2-3-16-10(8)12-6-11-9/h4-6H,2-3H2,1H3,(H,11,12,14). The van der Waals surface area contributed by atoms with Gasteiger partial charge in [-0.15, -0.1) is 0 Å². The van der Waals surface area contributed by atoms with Crippen LogP contribution in [0.15, 0.2) is 18.7 Å². The molecule has 0 aliphatic carbocycles. The van der Waals surface area contributed by atoms with Gasteiger partial charge in [0.2, 0.25) is 5.88 Å². The molecule has 1 aliphatic rings. The van der Waals surface area contributed by atoms with Crippen molar-refractivity contribution in [3.63, 3.8) is 0 Å². The van der Waals surface area contributed by atoms with Gasteiger partial charge in [0.05, 0.1) is 24.1 Å². The van der Waals surface area contributed by atoms with Crippen LogP contribution in [-0.2, 0) is 13.5 Å². The lowest BCUT2D eigenvalue weighted by molar-refractivity contribution is 0.344. The summed E-state index contributed by atoms with van der Waals surface area (Å²) >= 11 is 0. The molecule has 3 heterocycles. The largest absolute Gasteiger partial charge is 0.477 e. The van der Waals surface area contributed by atoms with E-state index in [-0.39, 0.29) is 0 Å². The lowest BCUT2D eigenvalue weighted by Gasteiger charge is -2.05. The van der Waals surface area contributed by atoms with Gasteiger partial charge >= 0.3 is 0 Å². The average Bonchev–Trinajstić information content (AvgIpc) is 2.87. The van der Waals surface area contributed by atoms with Crippen LogP contribution in [0.25, 0.3) is 0 Å². The molecular weight excluding hydrogens is 206 g/mol. The van der Waals surface area contributed by atoms with Crippen molar-refractivity contribution in [3.05, 3.63) is 24.3 Å². The number of fused-ring (bicyclic) bond motifs is 1. The summed E-state index contributed by atoms with van der Waals surface area (Å²) in [4.78, 5) is 8.29. The highest BCUT2D eigenvalue weighted by Gasteiger charge is 2.18. The van der Waals surface area contributed by atoms with E-state index in [4.69, 9.17) is 4.74 Å².